The lowest BCUT2D eigenvalue weighted by molar-refractivity contribution is -0.133. The second-order valence-electron chi connectivity index (χ2n) is 10.1. The van der Waals surface area contributed by atoms with Crippen molar-refractivity contribution in [2.45, 2.75) is 37.1 Å². The number of amides is 1. The van der Waals surface area contributed by atoms with Gasteiger partial charge in [0.1, 0.15) is 0 Å². The molecule has 5 rings (SSSR count). The second-order valence-corrected chi connectivity index (χ2v) is 10.9. The minimum atomic E-state index is -0.534. The average molecular weight is 508 g/mol. The van der Waals surface area contributed by atoms with Gasteiger partial charge in [0.2, 0.25) is 5.91 Å². The van der Waals surface area contributed by atoms with Crippen LogP contribution < -0.4 is 0 Å². The molecule has 1 aliphatic carbocycles. The van der Waals surface area contributed by atoms with Gasteiger partial charge in [-0.1, -0.05) is 89.9 Å². The first kappa shape index (κ1) is 24.4. The largest absolute Gasteiger partial charge is 0.341 e. The molecular formula is C30H32Cl2N2O. The number of carbonyl (C=O) groups excluding carboxylic acids is 1. The van der Waals surface area contributed by atoms with Gasteiger partial charge in [-0.25, -0.2) is 0 Å². The number of likely N-dealkylation sites (tertiary alicyclic amines) is 1. The van der Waals surface area contributed by atoms with E-state index in [2.05, 4.69) is 47.4 Å². The number of nitrogens with zero attached hydrogens (tertiary/aromatic N) is 2. The zero-order chi connectivity index (χ0) is 24.4. The molecule has 1 heterocycles. The summed E-state index contributed by atoms with van der Waals surface area (Å²) in [7, 11) is 1.91. The number of hydrogen-bond donors (Lipinski definition) is 0. The smallest absolute Gasteiger partial charge is 0.233 e. The Morgan fingerprint density at radius 3 is 2.26 bits per heavy atom. The molecule has 1 saturated carbocycles. The Labute approximate surface area is 218 Å². The predicted octanol–water partition coefficient (Wildman–Crippen LogP) is 6.79. The van der Waals surface area contributed by atoms with Crippen LogP contribution in [0.25, 0.3) is 0 Å². The van der Waals surface area contributed by atoms with Gasteiger partial charge >= 0.3 is 0 Å². The zero-order valence-electron chi connectivity index (χ0n) is 20.2. The summed E-state index contributed by atoms with van der Waals surface area (Å²) in [4.78, 5) is 18.4. The number of likely N-dealkylation sites (N-methyl/N-ethyl adjacent to an activating group) is 1. The zero-order valence-corrected chi connectivity index (χ0v) is 21.7. The molecule has 0 spiro atoms. The Balaban J connectivity index is 1.31. The summed E-state index contributed by atoms with van der Waals surface area (Å²) in [6, 6.07) is 26.7. The van der Waals surface area contributed by atoms with E-state index >= 15 is 0 Å². The Bertz CT molecular complexity index is 1160. The third-order valence-electron chi connectivity index (χ3n) is 7.87. The van der Waals surface area contributed by atoms with Crippen LogP contribution in [0.4, 0.5) is 0 Å². The van der Waals surface area contributed by atoms with E-state index in [1.54, 1.807) is 0 Å². The second kappa shape index (κ2) is 10.3. The van der Waals surface area contributed by atoms with Crippen molar-refractivity contribution in [2.75, 3.05) is 26.7 Å². The molecule has 2 fully saturated rings. The molecule has 35 heavy (non-hydrogen) atoms. The molecule has 0 aromatic heterocycles. The summed E-state index contributed by atoms with van der Waals surface area (Å²) in [5.74, 6) is 1.08. The van der Waals surface area contributed by atoms with E-state index in [1.807, 2.05) is 48.3 Å². The van der Waals surface area contributed by atoms with Crippen LogP contribution in [0.1, 0.15) is 41.9 Å². The van der Waals surface area contributed by atoms with Gasteiger partial charge in [-0.3, -0.25) is 4.79 Å². The summed E-state index contributed by atoms with van der Waals surface area (Å²) in [6.07, 6.45) is 3.18. The highest BCUT2D eigenvalue weighted by molar-refractivity contribution is 6.42. The van der Waals surface area contributed by atoms with E-state index < -0.39 is 5.41 Å². The molecular weight excluding hydrogens is 475 g/mol. The van der Waals surface area contributed by atoms with Gasteiger partial charge < -0.3 is 9.80 Å². The van der Waals surface area contributed by atoms with Gasteiger partial charge in [0.25, 0.3) is 0 Å². The normalized spacial score (nSPS) is 22.7. The van der Waals surface area contributed by atoms with Crippen LogP contribution in [0.3, 0.4) is 0 Å². The highest BCUT2D eigenvalue weighted by Gasteiger charge is 2.62. The SMILES string of the molecule is CN(Cc1ccccc1)C(=O)[C@@]1(c2ccc(Cl)c(Cl)c2)C[C@H]1CN1CCC(c2ccccc2)CC1. The van der Waals surface area contributed by atoms with Crippen molar-refractivity contribution in [2.24, 2.45) is 5.92 Å². The maximum absolute atomic E-state index is 13.9. The first-order chi connectivity index (χ1) is 17.0. The van der Waals surface area contributed by atoms with Crippen LogP contribution >= 0.6 is 23.2 Å². The fourth-order valence-corrected chi connectivity index (χ4v) is 6.12. The van der Waals surface area contributed by atoms with Crippen molar-refractivity contribution in [1.29, 1.82) is 0 Å². The Morgan fingerprint density at radius 2 is 1.60 bits per heavy atom. The number of benzene rings is 3. The maximum atomic E-state index is 13.9. The van der Waals surface area contributed by atoms with E-state index in [0.29, 0.717) is 22.5 Å². The molecule has 182 valence electrons. The first-order valence-electron chi connectivity index (χ1n) is 12.5. The third-order valence-corrected chi connectivity index (χ3v) is 8.61. The summed E-state index contributed by atoms with van der Waals surface area (Å²) in [5, 5.41) is 1.03. The molecule has 1 saturated heterocycles. The van der Waals surface area contributed by atoms with E-state index in [9.17, 15) is 4.79 Å². The molecule has 0 bridgehead atoms. The number of carbonyl (C=O) groups is 1. The summed E-state index contributed by atoms with van der Waals surface area (Å²) in [5.41, 5.74) is 3.03. The molecule has 5 heteroatoms. The average Bonchev–Trinajstić information content (AvgIpc) is 3.61. The van der Waals surface area contributed by atoms with Crippen LogP contribution in [-0.2, 0) is 16.8 Å². The van der Waals surface area contributed by atoms with Crippen molar-refractivity contribution in [1.82, 2.24) is 9.80 Å². The predicted molar refractivity (Wildman–Crippen MR) is 144 cm³/mol. The molecule has 2 atom stereocenters. The number of piperidine rings is 1. The van der Waals surface area contributed by atoms with E-state index in [1.165, 1.54) is 18.4 Å². The maximum Gasteiger partial charge on any atom is 0.233 e. The van der Waals surface area contributed by atoms with Gasteiger partial charge in [0, 0.05) is 20.1 Å². The van der Waals surface area contributed by atoms with E-state index in [-0.39, 0.29) is 11.8 Å². The van der Waals surface area contributed by atoms with Crippen molar-refractivity contribution in [3.05, 3.63) is 106 Å². The molecule has 0 unspecified atom stereocenters. The van der Waals surface area contributed by atoms with Gasteiger partial charge in [-0.15, -0.1) is 0 Å². The van der Waals surface area contributed by atoms with E-state index in [4.69, 9.17) is 23.2 Å². The van der Waals surface area contributed by atoms with E-state index in [0.717, 1.165) is 37.2 Å². The minimum Gasteiger partial charge on any atom is -0.341 e. The summed E-state index contributed by atoms with van der Waals surface area (Å²) in [6.45, 7) is 3.67. The van der Waals surface area contributed by atoms with Crippen LogP contribution in [-0.4, -0.2) is 42.4 Å². The topological polar surface area (TPSA) is 23.6 Å². The molecule has 3 nitrogen and oxygen atoms in total. The number of rotatable bonds is 7. The number of hydrogen-bond acceptors (Lipinski definition) is 2. The molecule has 1 amide bonds. The van der Waals surface area contributed by atoms with Gasteiger partial charge in [-0.05, 0) is 73.0 Å². The molecule has 2 aliphatic rings. The molecule has 1 aliphatic heterocycles. The number of halogens is 2. The van der Waals surface area contributed by atoms with Crippen LogP contribution in [0.5, 0.6) is 0 Å². The highest BCUT2D eigenvalue weighted by Crippen LogP contribution is 2.56. The fourth-order valence-electron chi connectivity index (χ4n) is 5.82. The lowest BCUT2D eigenvalue weighted by Gasteiger charge is -2.33. The summed E-state index contributed by atoms with van der Waals surface area (Å²) < 4.78 is 0. The van der Waals surface area contributed by atoms with Crippen molar-refractivity contribution >= 4 is 29.1 Å². The third kappa shape index (κ3) is 5.14. The monoisotopic (exact) mass is 506 g/mol. The summed E-state index contributed by atoms with van der Waals surface area (Å²) >= 11 is 12.6. The van der Waals surface area contributed by atoms with Gasteiger partial charge in [0.15, 0.2) is 0 Å². The minimum absolute atomic E-state index is 0.170. The van der Waals surface area contributed by atoms with Crippen LogP contribution in [0.15, 0.2) is 78.9 Å². The quantitative estimate of drug-likeness (QED) is 0.352. The van der Waals surface area contributed by atoms with Crippen LogP contribution in [0.2, 0.25) is 10.0 Å². The Morgan fingerprint density at radius 1 is 0.943 bits per heavy atom. The van der Waals surface area contributed by atoms with Gasteiger partial charge in [-0.2, -0.15) is 0 Å². The molecule has 3 aromatic carbocycles. The van der Waals surface area contributed by atoms with Crippen LogP contribution in [0, 0.1) is 5.92 Å². The molecule has 0 radical (unpaired) electrons. The highest BCUT2D eigenvalue weighted by atomic mass is 35.5. The fraction of sp³-hybridized carbons (Fsp3) is 0.367. The lowest BCUT2D eigenvalue weighted by atomic mass is 9.88. The van der Waals surface area contributed by atoms with Crippen molar-refractivity contribution in [3.63, 3.8) is 0 Å². The van der Waals surface area contributed by atoms with Crippen molar-refractivity contribution < 1.29 is 4.79 Å². The van der Waals surface area contributed by atoms with Crippen molar-refractivity contribution in [3.8, 4) is 0 Å². The Hall–Kier alpha value is -2.33. The Kier molecular flexibility index (Phi) is 7.20. The lowest BCUT2D eigenvalue weighted by Crippen LogP contribution is -2.40. The standard InChI is InChI=1S/C30H32Cl2N2O/c1-33(20-22-8-4-2-5-9-22)29(35)30(25-12-13-27(31)28(32)18-25)19-26(30)21-34-16-14-24(15-17-34)23-10-6-3-7-11-23/h2-13,18,24,26H,14-17,19-21H2,1H3/t26-,30+/m0/s1. The molecule has 3 aromatic rings. The van der Waals surface area contributed by atoms with Gasteiger partial charge in [0.05, 0.1) is 15.5 Å². The molecule has 0 N–H and O–H groups in total. The first-order valence-corrected chi connectivity index (χ1v) is 13.3.